The monoisotopic (exact) mass is 274 g/mol. The number of nitrogen functional groups attached to an aromatic ring is 1. The number of aromatic nitrogens is 1. The van der Waals surface area contributed by atoms with Gasteiger partial charge >= 0.3 is 5.97 Å². The van der Waals surface area contributed by atoms with E-state index in [2.05, 4.69) is 4.98 Å². The lowest BCUT2D eigenvalue weighted by molar-refractivity contribution is 0.0527. The second-order valence-electron chi connectivity index (χ2n) is 3.75. The van der Waals surface area contributed by atoms with Crippen LogP contribution in [0.4, 0.5) is 5.69 Å². The summed E-state index contributed by atoms with van der Waals surface area (Å²) in [6.07, 6.45) is 1.48. The molecule has 2 rings (SSSR count). The fraction of sp³-hybridized carbons (Fsp3) is 0.143. The van der Waals surface area contributed by atoms with Gasteiger partial charge in [-0.25, -0.2) is 9.78 Å². The topological polar surface area (TPSA) is 65.2 Å². The molecule has 2 aromatic rings. The first-order valence-corrected chi connectivity index (χ1v) is 6.68. The Morgan fingerprint density at radius 1 is 1.37 bits per heavy atom. The molecule has 5 heteroatoms. The molecule has 98 valence electrons. The van der Waals surface area contributed by atoms with Crippen LogP contribution in [0, 0.1) is 0 Å². The summed E-state index contributed by atoms with van der Waals surface area (Å²) in [7, 11) is 0. The van der Waals surface area contributed by atoms with Crippen molar-refractivity contribution in [2.24, 2.45) is 0 Å². The molecule has 0 spiro atoms. The zero-order valence-electron chi connectivity index (χ0n) is 10.5. The largest absolute Gasteiger partial charge is 0.462 e. The summed E-state index contributed by atoms with van der Waals surface area (Å²) in [6.45, 7) is 2.08. The van der Waals surface area contributed by atoms with Gasteiger partial charge in [0.05, 0.1) is 24.1 Å². The van der Waals surface area contributed by atoms with Crippen LogP contribution in [0.1, 0.15) is 17.3 Å². The Labute approximate surface area is 116 Å². The molecule has 1 aromatic carbocycles. The summed E-state index contributed by atoms with van der Waals surface area (Å²) >= 11 is 1.47. The maximum atomic E-state index is 11.7. The van der Waals surface area contributed by atoms with Gasteiger partial charge in [-0.3, -0.25) is 0 Å². The van der Waals surface area contributed by atoms with Gasteiger partial charge in [0.25, 0.3) is 0 Å². The molecule has 0 aliphatic rings. The number of rotatable bonds is 4. The number of esters is 1. The van der Waals surface area contributed by atoms with Gasteiger partial charge in [-0.2, -0.15) is 0 Å². The maximum Gasteiger partial charge on any atom is 0.340 e. The standard InChI is InChI=1S/C14H14N2O2S/c1-2-18-14(17)11-8-13(16-9-12(11)15)19-10-6-4-3-5-7-10/h3-9H,2,15H2,1H3. The predicted octanol–water partition coefficient (Wildman–Crippen LogP) is 2.99. The van der Waals surface area contributed by atoms with Gasteiger partial charge in [0.1, 0.15) is 5.03 Å². The zero-order valence-corrected chi connectivity index (χ0v) is 11.3. The first-order valence-electron chi connectivity index (χ1n) is 5.86. The zero-order chi connectivity index (χ0) is 13.7. The third kappa shape index (κ3) is 3.48. The Morgan fingerprint density at radius 3 is 2.79 bits per heavy atom. The quantitative estimate of drug-likeness (QED) is 0.868. The lowest BCUT2D eigenvalue weighted by Gasteiger charge is -2.07. The number of carbonyl (C=O) groups excluding carboxylic acids is 1. The molecule has 0 aliphatic heterocycles. The highest BCUT2D eigenvalue weighted by Gasteiger charge is 2.12. The molecule has 0 aliphatic carbocycles. The van der Waals surface area contributed by atoms with Crippen LogP contribution in [-0.2, 0) is 4.74 Å². The smallest absolute Gasteiger partial charge is 0.340 e. The number of hydrogen-bond donors (Lipinski definition) is 1. The van der Waals surface area contributed by atoms with Crippen LogP contribution >= 0.6 is 11.8 Å². The Kier molecular flexibility index (Phi) is 4.41. The van der Waals surface area contributed by atoms with E-state index in [1.54, 1.807) is 13.0 Å². The van der Waals surface area contributed by atoms with Crippen LogP contribution in [0.25, 0.3) is 0 Å². The van der Waals surface area contributed by atoms with E-state index in [0.29, 0.717) is 22.9 Å². The Bertz CT molecular complexity index is 573. The predicted molar refractivity (Wildman–Crippen MR) is 75.2 cm³/mol. The van der Waals surface area contributed by atoms with E-state index in [0.717, 1.165) is 4.90 Å². The first kappa shape index (κ1) is 13.4. The van der Waals surface area contributed by atoms with Crippen LogP contribution < -0.4 is 5.73 Å². The molecule has 2 N–H and O–H groups in total. The Balaban J connectivity index is 2.23. The number of pyridine rings is 1. The van der Waals surface area contributed by atoms with Crippen molar-refractivity contribution in [3.05, 3.63) is 48.2 Å². The van der Waals surface area contributed by atoms with Gasteiger partial charge < -0.3 is 10.5 Å². The molecule has 0 saturated heterocycles. The molecule has 1 aromatic heterocycles. The van der Waals surface area contributed by atoms with E-state index in [1.807, 2.05) is 30.3 Å². The number of ether oxygens (including phenoxy) is 1. The molecule has 0 bridgehead atoms. The molecule has 0 saturated carbocycles. The van der Waals surface area contributed by atoms with Crippen molar-refractivity contribution in [3.63, 3.8) is 0 Å². The summed E-state index contributed by atoms with van der Waals surface area (Å²) in [5.74, 6) is -0.419. The summed E-state index contributed by atoms with van der Waals surface area (Å²) in [4.78, 5) is 17.0. The third-order valence-electron chi connectivity index (χ3n) is 2.37. The van der Waals surface area contributed by atoms with E-state index in [-0.39, 0.29) is 0 Å². The number of nitrogens with zero attached hydrogens (tertiary/aromatic N) is 1. The highest BCUT2D eigenvalue weighted by molar-refractivity contribution is 7.99. The Hall–Kier alpha value is -2.01. The van der Waals surface area contributed by atoms with E-state index in [9.17, 15) is 4.79 Å². The minimum Gasteiger partial charge on any atom is -0.462 e. The van der Waals surface area contributed by atoms with Gasteiger partial charge in [0.15, 0.2) is 0 Å². The van der Waals surface area contributed by atoms with E-state index in [4.69, 9.17) is 10.5 Å². The van der Waals surface area contributed by atoms with Crippen molar-refractivity contribution >= 4 is 23.4 Å². The molecule has 0 radical (unpaired) electrons. The number of benzene rings is 1. The summed E-state index contributed by atoms with van der Waals surface area (Å²) in [5.41, 5.74) is 6.43. The molecular formula is C14H14N2O2S. The molecular weight excluding hydrogens is 260 g/mol. The minimum atomic E-state index is -0.419. The van der Waals surface area contributed by atoms with Crippen LogP contribution in [0.15, 0.2) is 52.5 Å². The number of hydrogen-bond acceptors (Lipinski definition) is 5. The normalized spacial score (nSPS) is 10.2. The van der Waals surface area contributed by atoms with Crippen molar-refractivity contribution in [2.75, 3.05) is 12.3 Å². The van der Waals surface area contributed by atoms with E-state index in [1.165, 1.54) is 18.0 Å². The van der Waals surface area contributed by atoms with Crippen LogP contribution in [0.2, 0.25) is 0 Å². The number of anilines is 1. The first-order chi connectivity index (χ1) is 9.20. The lowest BCUT2D eigenvalue weighted by Crippen LogP contribution is -2.08. The van der Waals surface area contributed by atoms with E-state index < -0.39 is 5.97 Å². The summed E-state index contributed by atoms with van der Waals surface area (Å²) < 4.78 is 4.96. The SMILES string of the molecule is CCOC(=O)c1cc(Sc2ccccc2)ncc1N. The summed E-state index contributed by atoms with van der Waals surface area (Å²) in [6, 6.07) is 11.5. The second kappa shape index (κ2) is 6.24. The minimum absolute atomic E-state index is 0.321. The average Bonchev–Trinajstić information content (AvgIpc) is 2.42. The highest BCUT2D eigenvalue weighted by atomic mass is 32.2. The number of nitrogens with two attached hydrogens (primary N) is 1. The van der Waals surface area contributed by atoms with Crippen LogP contribution in [0.5, 0.6) is 0 Å². The molecule has 0 unspecified atom stereocenters. The van der Waals surface area contributed by atoms with Crippen LogP contribution in [0.3, 0.4) is 0 Å². The fourth-order valence-electron chi connectivity index (χ4n) is 1.50. The van der Waals surface area contributed by atoms with E-state index >= 15 is 0 Å². The van der Waals surface area contributed by atoms with Crippen molar-refractivity contribution in [1.82, 2.24) is 4.98 Å². The molecule has 1 heterocycles. The van der Waals surface area contributed by atoms with Gasteiger partial charge in [-0.1, -0.05) is 30.0 Å². The molecule has 0 fully saturated rings. The van der Waals surface area contributed by atoms with Crippen molar-refractivity contribution in [2.45, 2.75) is 16.8 Å². The number of carbonyl (C=O) groups is 1. The third-order valence-corrected chi connectivity index (χ3v) is 3.31. The highest BCUT2D eigenvalue weighted by Crippen LogP contribution is 2.27. The molecule has 0 amide bonds. The van der Waals surface area contributed by atoms with Gasteiger partial charge in [-0.05, 0) is 25.1 Å². The summed E-state index contributed by atoms with van der Waals surface area (Å²) in [5, 5.41) is 0.712. The van der Waals surface area contributed by atoms with Crippen molar-refractivity contribution in [3.8, 4) is 0 Å². The van der Waals surface area contributed by atoms with Crippen LogP contribution in [-0.4, -0.2) is 17.6 Å². The van der Waals surface area contributed by atoms with Gasteiger partial charge in [-0.15, -0.1) is 0 Å². The second-order valence-corrected chi connectivity index (χ2v) is 4.84. The molecule has 19 heavy (non-hydrogen) atoms. The average molecular weight is 274 g/mol. The molecule has 0 atom stereocenters. The van der Waals surface area contributed by atoms with Crippen molar-refractivity contribution < 1.29 is 9.53 Å². The van der Waals surface area contributed by atoms with Crippen molar-refractivity contribution in [1.29, 1.82) is 0 Å². The van der Waals surface area contributed by atoms with Gasteiger partial charge in [0, 0.05) is 4.90 Å². The fourth-order valence-corrected chi connectivity index (χ4v) is 2.31. The maximum absolute atomic E-state index is 11.7. The Morgan fingerprint density at radius 2 is 2.11 bits per heavy atom. The molecule has 4 nitrogen and oxygen atoms in total. The lowest BCUT2D eigenvalue weighted by atomic mass is 10.2. The van der Waals surface area contributed by atoms with Gasteiger partial charge in [0.2, 0.25) is 0 Å².